The van der Waals surface area contributed by atoms with E-state index in [9.17, 15) is 13.2 Å². The maximum absolute atomic E-state index is 12.2. The Balaban J connectivity index is 2.10. The number of hydrogen-bond donors (Lipinski definition) is 2. The molecule has 1 fully saturated rings. The summed E-state index contributed by atoms with van der Waals surface area (Å²) in [4.78, 5) is 11.0. The van der Waals surface area contributed by atoms with E-state index in [0.29, 0.717) is 23.0 Å². The average Bonchev–Trinajstić information content (AvgIpc) is 2.36. The van der Waals surface area contributed by atoms with Crippen molar-refractivity contribution in [2.75, 3.05) is 6.61 Å². The van der Waals surface area contributed by atoms with Crippen LogP contribution in [0.4, 0.5) is 0 Å². The van der Waals surface area contributed by atoms with Crippen molar-refractivity contribution >= 4 is 38.6 Å². The van der Waals surface area contributed by atoms with Crippen LogP contribution in [0, 0.1) is 3.57 Å². The van der Waals surface area contributed by atoms with Gasteiger partial charge in [-0.3, -0.25) is 0 Å². The molecule has 116 valence electrons. The molecule has 0 bridgehead atoms. The summed E-state index contributed by atoms with van der Waals surface area (Å²) in [6.45, 7) is 2.51. The minimum absolute atomic E-state index is 0.0146. The van der Waals surface area contributed by atoms with Crippen molar-refractivity contribution in [2.24, 2.45) is 0 Å². The summed E-state index contributed by atoms with van der Waals surface area (Å²) in [5.41, 5.74) is -0.0146. The van der Waals surface area contributed by atoms with Crippen molar-refractivity contribution in [1.82, 2.24) is 4.72 Å². The maximum atomic E-state index is 12.2. The van der Waals surface area contributed by atoms with E-state index in [4.69, 9.17) is 9.84 Å². The molecule has 0 saturated heterocycles. The predicted molar refractivity (Wildman–Crippen MR) is 84.9 cm³/mol. The molecule has 1 aromatic carbocycles. The van der Waals surface area contributed by atoms with Crippen molar-refractivity contribution in [1.29, 1.82) is 0 Å². The van der Waals surface area contributed by atoms with Gasteiger partial charge in [0.15, 0.2) is 0 Å². The van der Waals surface area contributed by atoms with Crippen LogP contribution in [0.5, 0.6) is 0 Å². The highest BCUT2D eigenvalue weighted by Crippen LogP contribution is 2.26. The van der Waals surface area contributed by atoms with Crippen LogP contribution in [-0.2, 0) is 14.8 Å². The molecule has 0 amide bonds. The Hall–Kier alpha value is -0.710. The van der Waals surface area contributed by atoms with Gasteiger partial charge in [-0.1, -0.05) is 0 Å². The molecule has 1 saturated carbocycles. The van der Waals surface area contributed by atoms with E-state index in [-0.39, 0.29) is 22.6 Å². The Morgan fingerprint density at radius 3 is 2.71 bits per heavy atom. The molecule has 2 rings (SSSR count). The van der Waals surface area contributed by atoms with Gasteiger partial charge < -0.3 is 9.84 Å². The molecular weight excluding hydrogens is 409 g/mol. The first-order valence-electron chi connectivity index (χ1n) is 6.50. The quantitative estimate of drug-likeness (QED) is 0.679. The summed E-state index contributed by atoms with van der Waals surface area (Å²) in [5.74, 6) is -1.14. The average molecular weight is 425 g/mol. The first kappa shape index (κ1) is 16.7. The predicted octanol–water partition coefficient (Wildman–Crippen LogP) is 1.84. The van der Waals surface area contributed by atoms with Crippen LogP contribution in [0.3, 0.4) is 0 Å². The lowest BCUT2D eigenvalue weighted by molar-refractivity contribution is -0.00476. The third-order valence-electron chi connectivity index (χ3n) is 3.30. The number of halogens is 1. The van der Waals surface area contributed by atoms with Crippen LogP contribution in [0.25, 0.3) is 0 Å². The molecule has 0 unspecified atom stereocenters. The zero-order chi connectivity index (χ0) is 15.6. The zero-order valence-corrected chi connectivity index (χ0v) is 14.3. The Morgan fingerprint density at radius 2 is 2.14 bits per heavy atom. The fourth-order valence-electron chi connectivity index (χ4n) is 2.16. The number of benzene rings is 1. The number of hydrogen-bond acceptors (Lipinski definition) is 4. The number of nitrogens with one attached hydrogen (secondary N) is 1. The Bertz CT molecular complexity index is 640. The zero-order valence-electron chi connectivity index (χ0n) is 11.4. The van der Waals surface area contributed by atoms with Crippen LogP contribution in [0.1, 0.15) is 30.1 Å². The highest BCUT2D eigenvalue weighted by atomic mass is 127. The highest BCUT2D eigenvalue weighted by Gasteiger charge is 2.33. The van der Waals surface area contributed by atoms with Gasteiger partial charge in [0.2, 0.25) is 10.0 Å². The first-order chi connectivity index (χ1) is 9.83. The van der Waals surface area contributed by atoms with E-state index < -0.39 is 16.0 Å². The number of rotatable bonds is 6. The van der Waals surface area contributed by atoms with E-state index in [2.05, 4.69) is 4.72 Å². The van der Waals surface area contributed by atoms with Gasteiger partial charge in [0.1, 0.15) is 0 Å². The molecule has 0 atom stereocenters. The van der Waals surface area contributed by atoms with Crippen molar-refractivity contribution in [3.63, 3.8) is 0 Å². The number of carboxylic acid groups (broad SMARTS) is 1. The van der Waals surface area contributed by atoms with Crippen molar-refractivity contribution in [3.8, 4) is 0 Å². The monoisotopic (exact) mass is 425 g/mol. The second-order valence-electron chi connectivity index (χ2n) is 4.81. The van der Waals surface area contributed by atoms with Crippen LogP contribution in [0.15, 0.2) is 23.1 Å². The number of carboxylic acids is 1. The molecule has 6 nitrogen and oxygen atoms in total. The molecule has 1 aromatic rings. The topological polar surface area (TPSA) is 92.7 Å². The van der Waals surface area contributed by atoms with Crippen molar-refractivity contribution < 1.29 is 23.1 Å². The highest BCUT2D eigenvalue weighted by molar-refractivity contribution is 14.1. The maximum Gasteiger partial charge on any atom is 0.336 e. The summed E-state index contributed by atoms with van der Waals surface area (Å²) < 4.78 is 32.9. The standard InChI is InChI=1S/C13H16INO5S/c1-2-20-9-5-8(6-9)15-21(18,19)10-3-4-12(14)11(7-10)13(16)17/h3-4,7-9,15H,2,5-6H2,1H3,(H,16,17). The van der Waals surface area contributed by atoms with E-state index in [1.165, 1.54) is 18.2 Å². The third-order valence-corrected chi connectivity index (χ3v) is 5.76. The first-order valence-corrected chi connectivity index (χ1v) is 9.06. The lowest BCUT2D eigenvalue weighted by Crippen LogP contribution is -2.47. The molecule has 0 heterocycles. The van der Waals surface area contributed by atoms with Crippen molar-refractivity contribution in [2.45, 2.75) is 36.8 Å². The molecule has 0 radical (unpaired) electrons. The normalized spacial score (nSPS) is 21.8. The van der Waals surface area contributed by atoms with E-state index in [1.54, 1.807) is 0 Å². The molecule has 21 heavy (non-hydrogen) atoms. The van der Waals surface area contributed by atoms with Gasteiger partial charge >= 0.3 is 5.97 Å². The van der Waals surface area contributed by atoms with Crippen LogP contribution >= 0.6 is 22.6 Å². The molecule has 1 aliphatic carbocycles. The van der Waals surface area contributed by atoms with E-state index in [0.717, 1.165) is 0 Å². The second-order valence-corrected chi connectivity index (χ2v) is 7.69. The van der Waals surface area contributed by atoms with Gasteiger partial charge in [0.25, 0.3) is 0 Å². The molecule has 0 spiro atoms. The molecule has 8 heteroatoms. The fourth-order valence-corrected chi connectivity index (χ4v) is 4.01. The number of carbonyl (C=O) groups is 1. The molecular formula is C13H16INO5S. The van der Waals surface area contributed by atoms with Gasteiger partial charge in [-0.25, -0.2) is 17.9 Å². The third kappa shape index (κ3) is 3.93. The SMILES string of the molecule is CCOC1CC(NS(=O)(=O)c2ccc(I)c(C(=O)O)c2)C1. The second kappa shape index (κ2) is 6.59. The summed E-state index contributed by atoms with van der Waals surface area (Å²) in [6.07, 6.45) is 1.39. The van der Waals surface area contributed by atoms with Crippen LogP contribution < -0.4 is 4.72 Å². The minimum atomic E-state index is -3.70. The van der Waals surface area contributed by atoms with Crippen molar-refractivity contribution in [3.05, 3.63) is 27.3 Å². The molecule has 0 aliphatic heterocycles. The number of ether oxygens (including phenoxy) is 1. The van der Waals surface area contributed by atoms with E-state index >= 15 is 0 Å². The lowest BCUT2D eigenvalue weighted by atomic mass is 9.90. The number of sulfonamides is 1. The lowest BCUT2D eigenvalue weighted by Gasteiger charge is -2.35. The minimum Gasteiger partial charge on any atom is -0.478 e. The smallest absolute Gasteiger partial charge is 0.336 e. The van der Waals surface area contributed by atoms with E-state index in [1.807, 2.05) is 29.5 Å². The largest absolute Gasteiger partial charge is 0.478 e. The Labute approximate surface area is 137 Å². The summed E-state index contributed by atoms with van der Waals surface area (Å²) in [7, 11) is -3.70. The summed E-state index contributed by atoms with van der Waals surface area (Å²) >= 11 is 1.86. The Kier molecular flexibility index (Phi) is 5.23. The molecule has 2 N–H and O–H groups in total. The Morgan fingerprint density at radius 1 is 1.48 bits per heavy atom. The summed E-state index contributed by atoms with van der Waals surface area (Å²) in [5, 5.41) is 9.05. The van der Waals surface area contributed by atoms with Gasteiger partial charge in [-0.2, -0.15) is 0 Å². The van der Waals surface area contributed by atoms with Gasteiger partial charge in [-0.15, -0.1) is 0 Å². The fraction of sp³-hybridized carbons (Fsp3) is 0.462. The van der Waals surface area contributed by atoms with Gasteiger partial charge in [-0.05, 0) is 60.6 Å². The molecule has 1 aliphatic rings. The van der Waals surface area contributed by atoms with Gasteiger partial charge in [0, 0.05) is 16.2 Å². The van der Waals surface area contributed by atoms with Gasteiger partial charge in [0.05, 0.1) is 16.6 Å². The summed E-state index contributed by atoms with van der Waals surface area (Å²) in [6, 6.07) is 3.93. The van der Waals surface area contributed by atoms with Crippen LogP contribution in [0.2, 0.25) is 0 Å². The number of aromatic carboxylic acids is 1. The molecule has 0 aromatic heterocycles. The van der Waals surface area contributed by atoms with Crippen LogP contribution in [-0.4, -0.2) is 38.2 Å².